The smallest absolute Gasteiger partial charge is 0.160 e. The van der Waals surface area contributed by atoms with E-state index in [4.69, 9.17) is 9.97 Å². The molecular weight excluding hydrogens is 661 g/mol. The summed E-state index contributed by atoms with van der Waals surface area (Å²) in [5.74, 6) is 0.703. The van der Waals surface area contributed by atoms with Crippen LogP contribution in [0.3, 0.4) is 0 Å². The summed E-state index contributed by atoms with van der Waals surface area (Å²) in [6, 6.07) is 69.3. The Labute approximate surface area is 312 Å². The van der Waals surface area contributed by atoms with E-state index in [0.29, 0.717) is 5.82 Å². The molecular formula is C50H32N2S. The van der Waals surface area contributed by atoms with E-state index < -0.39 is 0 Å². The number of thiophene rings is 1. The first-order valence-corrected chi connectivity index (χ1v) is 18.7. The predicted molar refractivity (Wildman–Crippen MR) is 225 cm³/mol. The molecule has 3 heteroatoms. The minimum Gasteiger partial charge on any atom is -0.228 e. The van der Waals surface area contributed by atoms with E-state index in [1.165, 1.54) is 53.2 Å². The lowest BCUT2D eigenvalue weighted by Crippen LogP contribution is -1.96. The first kappa shape index (κ1) is 31.1. The molecule has 0 amide bonds. The molecule has 0 spiro atoms. The van der Waals surface area contributed by atoms with Crippen LogP contribution in [0, 0.1) is 0 Å². The molecule has 10 aromatic rings. The van der Waals surface area contributed by atoms with Crippen molar-refractivity contribution in [1.29, 1.82) is 0 Å². The molecule has 248 valence electrons. The Bertz CT molecular complexity index is 2920. The zero-order chi connectivity index (χ0) is 35.1. The summed E-state index contributed by atoms with van der Waals surface area (Å²) < 4.78 is 2.60. The van der Waals surface area contributed by atoms with Crippen LogP contribution in [0.25, 0.3) is 98.2 Å². The first-order valence-electron chi connectivity index (χ1n) is 17.9. The van der Waals surface area contributed by atoms with Gasteiger partial charge in [-0.15, -0.1) is 11.3 Å². The second-order valence-electron chi connectivity index (χ2n) is 13.4. The summed E-state index contributed by atoms with van der Waals surface area (Å²) in [4.78, 5) is 10.4. The minimum absolute atomic E-state index is 0.703. The van der Waals surface area contributed by atoms with Gasteiger partial charge in [0.15, 0.2) is 5.82 Å². The largest absolute Gasteiger partial charge is 0.228 e. The molecule has 0 N–H and O–H groups in total. The highest BCUT2D eigenvalue weighted by Gasteiger charge is 2.15. The Morgan fingerprint density at radius 2 is 0.868 bits per heavy atom. The van der Waals surface area contributed by atoms with Crippen molar-refractivity contribution in [3.8, 4) is 67.3 Å². The molecule has 2 aromatic heterocycles. The van der Waals surface area contributed by atoms with E-state index >= 15 is 0 Å². The Morgan fingerprint density at radius 1 is 0.302 bits per heavy atom. The number of aromatic nitrogens is 2. The van der Waals surface area contributed by atoms with E-state index in [1.54, 1.807) is 0 Å². The van der Waals surface area contributed by atoms with Crippen molar-refractivity contribution < 1.29 is 0 Å². The fourth-order valence-electron chi connectivity index (χ4n) is 7.40. The average molecular weight is 693 g/mol. The van der Waals surface area contributed by atoms with E-state index in [1.807, 2.05) is 29.5 Å². The fourth-order valence-corrected chi connectivity index (χ4v) is 8.55. The second kappa shape index (κ2) is 13.1. The standard InChI is InChI=1S/C50H32N2S/c1-3-12-33(13-4-1)39-28-40(38-26-27-45-44-19-9-10-21-48(44)53-49(45)31-38)30-41(29-39)47-32-46(51-50(52-47)37-15-5-2-6-16-37)36-24-22-35(23-25-36)43-20-11-17-34-14-7-8-18-42(34)43/h1-32H. The second-order valence-corrected chi connectivity index (χ2v) is 14.5. The van der Waals surface area contributed by atoms with Crippen LogP contribution in [0.1, 0.15) is 0 Å². The van der Waals surface area contributed by atoms with Crippen molar-refractivity contribution in [3.63, 3.8) is 0 Å². The number of fused-ring (bicyclic) bond motifs is 4. The zero-order valence-corrected chi connectivity index (χ0v) is 29.6. The third kappa shape index (κ3) is 5.87. The third-order valence-electron chi connectivity index (χ3n) is 10.1. The lowest BCUT2D eigenvalue weighted by molar-refractivity contribution is 1.18. The van der Waals surface area contributed by atoms with Crippen molar-refractivity contribution >= 4 is 42.3 Å². The van der Waals surface area contributed by atoms with Gasteiger partial charge in [0.05, 0.1) is 11.4 Å². The Kier molecular flexibility index (Phi) is 7.71. The van der Waals surface area contributed by atoms with Crippen LogP contribution in [-0.4, -0.2) is 9.97 Å². The molecule has 0 fully saturated rings. The quantitative estimate of drug-likeness (QED) is 0.173. The number of hydrogen-bond acceptors (Lipinski definition) is 3. The highest BCUT2D eigenvalue weighted by atomic mass is 32.1. The summed E-state index contributed by atoms with van der Waals surface area (Å²) >= 11 is 1.85. The molecule has 0 unspecified atom stereocenters. The molecule has 0 bridgehead atoms. The van der Waals surface area contributed by atoms with Crippen LogP contribution in [0.2, 0.25) is 0 Å². The summed E-state index contributed by atoms with van der Waals surface area (Å²) in [7, 11) is 0. The summed E-state index contributed by atoms with van der Waals surface area (Å²) in [6.07, 6.45) is 0. The molecule has 0 saturated heterocycles. The summed E-state index contributed by atoms with van der Waals surface area (Å²) in [6.45, 7) is 0. The molecule has 10 rings (SSSR count). The Morgan fingerprint density at radius 3 is 1.66 bits per heavy atom. The molecule has 0 atom stereocenters. The predicted octanol–water partition coefficient (Wildman–Crippen LogP) is 14.0. The molecule has 53 heavy (non-hydrogen) atoms. The van der Waals surface area contributed by atoms with Gasteiger partial charge in [0.2, 0.25) is 0 Å². The highest BCUT2D eigenvalue weighted by Crippen LogP contribution is 2.39. The SMILES string of the molecule is c1ccc(-c2cc(-c3ccc4c(c3)sc3ccccc34)cc(-c3cc(-c4ccc(-c5cccc6ccccc56)cc4)nc(-c4ccccc4)n3)c2)cc1. The fraction of sp³-hybridized carbons (Fsp3) is 0. The molecule has 0 radical (unpaired) electrons. The van der Waals surface area contributed by atoms with Crippen molar-refractivity contribution in [2.24, 2.45) is 0 Å². The van der Waals surface area contributed by atoms with Gasteiger partial charge in [-0.25, -0.2) is 9.97 Å². The number of benzene rings is 8. The van der Waals surface area contributed by atoms with Gasteiger partial charge >= 0.3 is 0 Å². The summed E-state index contributed by atoms with van der Waals surface area (Å²) in [5, 5.41) is 5.10. The number of hydrogen-bond donors (Lipinski definition) is 0. The maximum Gasteiger partial charge on any atom is 0.160 e. The van der Waals surface area contributed by atoms with Crippen molar-refractivity contribution in [1.82, 2.24) is 9.97 Å². The van der Waals surface area contributed by atoms with E-state index in [9.17, 15) is 0 Å². The van der Waals surface area contributed by atoms with E-state index in [-0.39, 0.29) is 0 Å². The third-order valence-corrected chi connectivity index (χ3v) is 11.2. The normalized spacial score (nSPS) is 11.4. The molecule has 2 nitrogen and oxygen atoms in total. The van der Waals surface area contributed by atoms with Gasteiger partial charge in [0.1, 0.15) is 0 Å². The first-order chi connectivity index (χ1) is 26.2. The van der Waals surface area contributed by atoms with Gasteiger partial charge in [0, 0.05) is 36.9 Å². The Balaban J connectivity index is 1.13. The van der Waals surface area contributed by atoms with Crippen LogP contribution < -0.4 is 0 Å². The van der Waals surface area contributed by atoms with Gasteiger partial charge in [-0.3, -0.25) is 0 Å². The van der Waals surface area contributed by atoms with Gasteiger partial charge in [-0.2, -0.15) is 0 Å². The van der Waals surface area contributed by atoms with Crippen molar-refractivity contribution in [2.75, 3.05) is 0 Å². The van der Waals surface area contributed by atoms with Gasteiger partial charge in [0.25, 0.3) is 0 Å². The zero-order valence-electron chi connectivity index (χ0n) is 28.8. The Hall–Kier alpha value is -6.68. The van der Waals surface area contributed by atoms with Gasteiger partial charge in [-0.05, 0) is 80.6 Å². The van der Waals surface area contributed by atoms with Crippen molar-refractivity contribution in [2.45, 2.75) is 0 Å². The van der Waals surface area contributed by atoms with E-state index in [2.05, 4.69) is 176 Å². The van der Waals surface area contributed by atoms with Gasteiger partial charge < -0.3 is 0 Å². The topological polar surface area (TPSA) is 25.8 Å². The van der Waals surface area contributed by atoms with Gasteiger partial charge in [-0.1, -0.05) is 158 Å². The molecule has 2 heterocycles. The van der Waals surface area contributed by atoms with E-state index in [0.717, 1.165) is 39.2 Å². The van der Waals surface area contributed by atoms with Crippen LogP contribution in [0.15, 0.2) is 194 Å². The van der Waals surface area contributed by atoms with Crippen LogP contribution in [-0.2, 0) is 0 Å². The average Bonchev–Trinajstić information content (AvgIpc) is 3.62. The lowest BCUT2D eigenvalue weighted by atomic mass is 9.94. The molecule has 8 aromatic carbocycles. The maximum atomic E-state index is 5.24. The monoisotopic (exact) mass is 692 g/mol. The molecule has 0 saturated carbocycles. The number of rotatable bonds is 6. The van der Waals surface area contributed by atoms with Crippen LogP contribution in [0.4, 0.5) is 0 Å². The molecule has 0 aliphatic heterocycles. The molecule has 0 aliphatic rings. The van der Waals surface area contributed by atoms with Crippen LogP contribution in [0.5, 0.6) is 0 Å². The number of nitrogens with zero attached hydrogens (tertiary/aromatic N) is 2. The van der Waals surface area contributed by atoms with Crippen LogP contribution >= 0.6 is 11.3 Å². The molecule has 0 aliphatic carbocycles. The highest BCUT2D eigenvalue weighted by molar-refractivity contribution is 7.25. The van der Waals surface area contributed by atoms with Crippen molar-refractivity contribution in [3.05, 3.63) is 194 Å². The lowest BCUT2D eigenvalue weighted by Gasteiger charge is -2.14. The summed E-state index contributed by atoms with van der Waals surface area (Å²) in [5.41, 5.74) is 11.9. The minimum atomic E-state index is 0.703. The maximum absolute atomic E-state index is 5.24.